The van der Waals surface area contributed by atoms with Gasteiger partial charge in [0, 0.05) is 36.6 Å². The molecule has 6 nitrogen and oxygen atoms in total. The van der Waals surface area contributed by atoms with E-state index in [-0.39, 0.29) is 5.60 Å². The second kappa shape index (κ2) is 7.93. The van der Waals surface area contributed by atoms with Crippen LogP contribution in [0.2, 0.25) is 5.02 Å². The first-order valence-corrected chi connectivity index (χ1v) is 10.9. The number of β-amino-alcohol motifs (C(OH)–C–C–N with tert-alkyl or cyclic N) is 1. The zero-order valence-electron chi connectivity index (χ0n) is 16.7. The number of aliphatic hydroxyl groups excluding tert-OH is 2. The van der Waals surface area contributed by atoms with Gasteiger partial charge in [0.1, 0.15) is 24.6 Å². The second-order valence-electron chi connectivity index (χ2n) is 8.41. The Hall–Kier alpha value is -1.99. The molecule has 0 amide bonds. The number of benzene rings is 2. The first-order valence-electron chi connectivity index (χ1n) is 10.5. The summed E-state index contributed by atoms with van der Waals surface area (Å²) in [5.41, 5.74) is 1.23. The van der Waals surface area contributed by atoms with Crippen LogP contribution in [0.1, 0.15) is 42.6 Å². The first-order chi connectivity index (χ1) is 14.5. The fourth-order valence-electron chi connectivity index (χ4n) is 4.68. The number of halogens is 1. The molecule has 0 aromatic heterocycles. The molecule has 160 valence electrons. The molecular formula is C23H26ClNO5. The van der Waals surface area contributed by atoms with Crippen molar-refractivity contribution in [3.05, 3.63) is 52.5 Å². The molecule has 3 aliphatic heterocycles. The molecule has 1 spiro atoms. The highest BCUT2D eigenvalue weighted by Crippen LogP contribution is 2.45. The van der Waals surface area contributed by atoms with Gasteiger partial charge < -0.3 is 29.3 Å². The van der Waals surface area contributed by atoms with Crippen LogP contribution < -0.4 is 14.2 Å². The molecule has 3 heterocycles. The Morgan fingerprint density at radius 3 is 2.57 bits per heavy atom. The maximum atomic E-state index is 10.8. The number of fused-ring (bicyclic) bond motifs is 2. The molecule has 1 saturated heterocycles. The maximum Gasteiger partial charge on any atom is 0.161 e. The zero-order valence-corrected chi connectivity index (χ0v) is 17.5. The van der Waals surface area contributed by atoms with Crippen molar-refractivity contribution in [1.29, 1.82) is 0 Å². The summed E-state index contributed by atoms with van der Waals surface area (Å²) in [7, 11) is 0. The van der Waals surface area contributed by atoms with Gasteiger partial charge in [0.15, 0.2) is 11.5 Å². The standard InChI is InChI=1S/C23H26ClNO5/c24-16-2-4-20-17(12-16)18(26)13-23(30-20)5-7-25(8-6-23)14-19(27)15-1-3-21-22(11-15)29-10-9-28-21/h1-4,11-12,18-19,26-27H,5-10,13-14H2/t18-,19+/m1/s1. The van der Waals surface area contributed by atoms with Gasteiger partial charge in [-0.25, -0.2) is 0 Å². The van der Waals surface area contributed by atoms with E-state index >= 15 is 0 Å². The molecule has 0 aliphatic carbocycles. The minimum Gasteiger partial charge on any atom is -0.487 e. The minimum absolute atomic E-state index is 0.362. The smallest absolute Gasteiger partial charge is 0.161 e. The number of piperidine rings is 1. The Labute approximate surface area is 180 Å². The molecule has 0 saturated carbocycles. The lowest BCUT2D eigenvalue weighted by molar-refractivity contribution is -0.0587. The normalized spacial score (nSPS) is 23.5. The fourth-order valence-corrected chi connectivity index (χ4v) is 4.86. The summed E-state index contributed by atoms with van der Waals surface area (Å²) < 4.78 is 17.5. The predicted molar refractivity (Wildman–Crippen MR) is 112 cm³/mol. The molecular weight excluding hydrogens is 406 g/mol. The summed E-state index contributed by atoms with van der Waals surface area (Å²) in [5.74, 6) is 2.15. The predicted octanol–water partition coefficient (Wildman–Crippen LogP) is 3.50. The highest BCUT2D eigenvalue weighted by Gasteiger charge is 2.43. The van der Waals surface area contributed by atoms with E-state index in [9.17, 15) is 10.2 Å². The number of hydrogen-bond acceptors (Lipinski definition) is 6. The van der Waals surface area contributed by atoms with E-state index in [1.54, 1.807) is 12.1 Å². The number of aliphatic hydroxyl groups is 2. The summed E-state index contributed by atoms with van der Waals surface area (Å²) in [4.78, 5) is 2.25. The van der Waals surface area contributed by atoms with Crippen molar-refractivity contribution in [2.45, 2.75) is 37.1 Å². The van der Waals surface area contributed by atoms with E-state index in [0.717, 1.165) is 48.6 Å². The number of hydrogen-bond donors (Lipinski definition) is 2. The van der Waals surface area contributed by atoms with Gasteiger partial charge in [-0.2, -0.15) is 0 Å². The molecule has 30 heavy (non-hydrogen) atoms. The SMILES string of the molecule is O[C@@H]1CC2(CCN(C[C@H](O)c3ccc4c(c3)OCCO4)CC2)Oc2ccc(Cl)cc21. The Kier molecular flexibility index (Phi) is 5.27. The van der Waals surface area contributed by atoms with Crippen molar-refractivity contribution in [3.8, 4) is 17.2 Å². The van der Waals surface area contributed by atoms with E-state index in [1.807, 2.05) is 24.3 Å². The number of likely N-dealkylation sites (tertiary alicyclic amines) is 1. The molecule has 3 aliphatic rings. The molecule has 2 atom stereocenters. The van der Waals surface area contributed by atoms with E-state index in [2.05, 4.69) is 4.90 Å². The van der Waals surface area contributed by atoms with Crippen LogP contribution in [0.4, 0.5) is 0 Å². The molecule has 2 N–H and O–H groups in total. The van der Waals surface area contributed by atoms with Gasteiger partial charge in [-0.15, -0.1) is 0 Å². The van der Waals surface area contributed by atoms with Gasteiger partial charge in [0.2, 0.25) is 0 Å². The lowest BCUT2D eigenvalue weighted by Gasteiger charge is -2.46. The number of nitrogens with zero attached hydrogens (tertiary/aromatic N) is 1. The largest absolute Gasteiger partial charge is 0.487 e. The summed E-state index contributed by atoms with van der Waals surface area (Å²) in [6, 6.07) is 11.1. The topological polar surface area (TPSA) is 71.4 Å². The van der Waals surface area contributed by atoms with Crippen molar-refractivity contribution < 1.29 is 24.4 Å². The van der Waals surface area contributed by atoms with Crippen molar-refractivity contribution in [2.75, 3.05) is 32.8 Å². The van der Waals surface area contributed by atoms with Crippen molar-refractivity contribution >= 4 is 11.6 Å². The summed E-state index contributed by atoms with van der Waals surface area (Å²) in [6.07, 6.45) is 1.01. The van der Waals surface area contributed by atoms with Crippen LogP contribution in [0.25, 0.3) is 0 Å². The van der Waals surface area contributed by atoms with Crippen LogP contribution in [0, 0.1) is 0 Å². The van der Waals surface area contributed by atoms with E-state index in [1.165, 1.54) is 0 Å². The first kappa shape index (κ1) is 19.9. The lowest BCUT2D eigenvalue weighted by Crippen LogP contribution is -2.51. The van der Waals surface area contributed by atoms with Crippen LogP contribution in [-0.4, -0.2) is 53.6 Å². The summed E-state index contributed by atoms with van der Waals surface area (Å²) >= 11 is 6.06. The summed E-state index contributed by atoms with van der Waals surface area (Å²) in [6.45, 7) is 3.24. The van der Waals surface area contributed by atoms with E-state index < -0.39 is 12.2 Å². The van der Waals surface area contributed by atoms with Crippen LogP contribution in [0.5, 0.6) is 17.2 Å². The minimum atomic E-state index is -0.601. The average molecular weight is 432 g/mol. The molecule has 0 radical (unpaired) electrons. The molecule has 2 aromatic carbocycles. The summed E-state index contributed by atoms with van der Waals surface area (Å²) in [5, 5.41) is 22.0. The highest BCUT2D eigenvalue weighted by molar-refractivity contribution is 6.30. The number of rotatable bonds is 3. The highest BCUT2D eigenvalue weighted by atomic mass is 35.5. The van der Waals surface area contributed by atoms with Gasteiger partial charge in [-0.3, -0.25) is 0 Å². The van der Waals surface area contributed by atoms with Crippen molar-refractivity contribution in [3.63, 3.8) is 0 Å². The molecule has 5 rings (SSSR count). The molecule has 7 heteroatoms. The second-order valence-corrected chi connectivity index (χ2v) is 8.84. The van der Waals surface area contributed by atoms with E-state index in [4.69, 9.17) is 25.8 Å². The fraction of sp³-hybridized carbons (Fsp3) is 0.478. The van der Waals surface area contributed by atoms with Crippen LogP contribution in [0.15, 0.2) is 36.4 Å². The quantitative estimate of drug-likeness (QED) is 0.775. The molecule has 2 aromatic rings. The van der Waals surface area contributed by atoms with Gasteiger partial charge in [0.25, 0.3) is 0 Å². The van der Waals surface area contributed by atoms with Gasteiger partial charge in [-0.05, 0) is 48.7 Å². The molecule has 0 unspecified atom stereocenters. The van der Waals surface area contributed by atoms with Crippen LogP contribution >= 0.6 is 11.6 Å². The lowest BCUT2D eigenvalue weighted by atomic mass is 9.81. The third-order valence-electron chi connectivity index (χ3n) is 6.37. The third kappa shape index (κ3) is 3.85. The molecule has 1 fully saturated rings. The maximum absolute atomic E-state index is 10.8. The van der Waals surface area contributed by atoms with Crippen LogP contribution in [0.3, 0.4) is 0 Å². The Morgan fingerprint density at radius 2 is 1.77 bits per heavy atom. The van der Waals surface area contributed by atoms with Crippen molar-refractivity contribution in [2.24, 2.45) is 0 Å². The Balaban J connectivity index is 1.22. The van der Waals surface area contributed by atoms with Crippen LogP contribution in [-0.2, 0) is 0 Å². The van der Waals surface area contributed by atoms with Gasteiger partial charge in [-0.1, -0.05) is 17.7 Å². The zero-order chi connectivity index (χ0) is 20.7. The monoisotopic (exact) mass is 431 g/mol. The van der Waals surface area contributed by atoms with E-state index in [0.29, 0.717) is 37.0 Å². The third-order valence-corrected chi connectivity index (χ3v) is 6.61. The van der Waals surface area contributed by atoms with Gasteiger partial charge in [0.05, 0.1) is 12.2 Å². The number of ether oxygens (including phenoxy) is 3. The average Bonchev–Trinajstić information content (AvgIpc) is 2.76. The molecule has 0 bridgehead atoms. The van der Waals surface area contributed by atoms with Crippen molar-refractivity contribution in [1.82, 2.24) is 4.90 Å². The Morgan fingerprint density at radius 1 is 1.03 bits per heavy atom. The van der Waals surface area contributed by atoms with Gasteiger partial charge >= 0.3 is 0 Å². The Bertz CT molecular complexity index is 928.